The molecule has 10 nitrogen and oxygen atoms in total. The number of carbonyl (C=O) groups excluding carboxylic acids is 4. The van der Waals surface area contributed by atoms with E-state index in [2.05, 4.69) is 5.32 Å². The highest BCUT2D eigenvalue weighted by Gasteiger charge is 2.23. The molecule has 0 radical (unpaired) electrons. The van der Waals surface area contributed by atoms with Crippen molar-refractivity contribution in [3.8, 4) is 22.5 Å². The van der Waals surface area contributed by atoms with Crippen molar-refractivity contribution in [3.05, 3.63) is 83.2 Å². The van der Waals surface area contributed by atoms with Gasteiger partial charge in [-0.05, 0) is 42.3 Å². The first-order chi connectivity index (χ1) is 20.0. The first-order valence-corrected chi connectivity index (χ1v) is 13.4. The van der Waals surface area contributed by atoms with Crippen LogP contribution in [0.4, 0.5) is 5.69 Å². The fraction of sp³-hybridized carbons (Fsp3) is 0.219. The van der Waals surface area contributed by atoms with Crippen LogP contribution < -0.4 is 25.3 Å². The van der Waals surface area contributed by atoms with E-state index in [9.17, 15) is 24.3 Å². The lowest BCUT2D eigenvalue weighted by Gasteiger charge is -2.20. The summed E-state index contributed by atoms with van der Waals surface area (Å²) in [6.45, 7) is 0.356. The Hall–Kier alpha value is -5.25. The molecular formula is C32H30N4O6. The fourth-order valence-corrected chi connectivity index (χ4v) is 4.98. The second-order valence-corrected chi connectivity index (χ2v) is 10.4. The van der Waals surface area contributed by atoms with Crippen LogP contribution in [0.15, 0.2) is 71.2 Å². The van der Waals surface area contributed by atoms with E-state index in [1.807, 2.05) is 74.1 Å². The molecule has 0 fully saturated rings. The van der Waals surface area contributed by atoms with E-state index in [1.165, 1.54) is 18.2 Å². The van der Waals surface area contributed by atoms with Crippen molar-refractivity contribution in [3.63, 3.8) is 0 Å². The lowest BCUT2D eigenvalue weighted by atomic mass is 9.89. The molecule has 2 heterocycles. The first-order valence-electron chi connectivity index (χ1n) is 13.4. The molecule has 0 bridgehead atoms. The monoisotopic (exact) mass is 566 g/mol. The molecule has 2 aromatic rings. The number of aromatic carboxylic acids is 1. The Balaban J connectivity index is 1.53. The number of imide groups is 1. The van der Waals surface area contributed by atoms with Crippen molar-refractivity contribution >= 4 is 40.3 Å². The van der Waals surface area contributed by atoms with Gasteiger partial charge >= 0.3 is 0 Å². The summed E-state index contributed by atoms with van der Waals surface area (Å²) in [6, 6.07) is 16.0. The number of nitrogens with zero attached hydrogens (tertiary/aromatic N) is 3. The smallest absolute Gasteiger partial charge is 0.253 e. The standard InChI is InChI=1S/C32H30N4O6/c1-34(2)20-7-10-23-26(17-20)42-27-18-21(35(3)4)8-11-24(27)30(23)22-9-6-19(16-25(22)32(40)41)31(39)33-14-5-15-36-28(37)12-13-29(36)38/h6-13,16-18H,5,14-15H2,1-4H3,(H-,33,39,40,41). The Labute approximate surface area is 242 Å². The molecule has 0 saturated heterocycles. The first kappa shape index (κ1) is 28.3. The minimum Gasteiger partial charge on any atom is -0.545 e. The van der Waals surface area contributed by atoms with Crippen LogP contribution in [0.1, 0.15) is 27.1 Å². The van der Waals surface area contributed by atoms with E-state index in [-0.39, 0.29) is 36.0 Å². The SMILES string of the molecule is CN(C)c1ccc2c(-c3ccc(C(=O)NCCCN4C(=O)C=CC4=O)cc3C(=O)[O-])c3ccc(=[N+](C)C)cc-3oc2c1. The van der Waals surface area contributed by atoms with Gasteiger partial charge in [-0.1, -0.05) is 6.07 Å². The van der Waals surface area contributed by atoms with Crippen LogP contribution in [-0.4, -0.2) is 69.9 Å². The predicted octanol–water partition coefficient (Wildman–Crippen LogP) is 1.71. The highest BCUT2D eigenvalue weighted by molar-refractivity contribution is 6.13. The van der Waals surface area contributed by atoms with E-state index >= 15 is 0 Å². The van der Waals surface area contributed by atoms with Gasteiger partial charge in [0.05, 0.1) is 12.0 Å². The number of nitrogens with one attached hydrogen (secondary N) is 1. The van der Waals surface area contributed by atoms with Crippen molar-refractivity contribution in [2.24, 2.45) is 0 Å². The number of carbonyl (C=O) groups is 4. The van der Waals surface area contributed by atoms with Gasteiger partial charge < -0.3 is 24.5 Å². The van der Waals surface area contributed by atoms with Crippen LogP contribution in [-0.2, 0) is 9.59 Å². The number of hydrogen-bond donors (Lipinski definition) is 1. The number of anilines is 1. The Morgan fingerprint density at radius 2 is 1.67 bits per heavy atom. The van der Waals surface area contributed by atoms with Crippen LogP contribution in [0.3, 0.4) is 0 Å². The van der Waals surface area contributed by atoms with Gasteiger partial charge in [-0.3, -0.25) is 19.3 Å². The van der Waals surface area contributed by atoms with Gasteiger partial charge in [0.15, 0.2) is 0 Å². The maximum absolute atomic E-state index is 12.9. The molecule has 2 aromatic carbocycles. The Morgan fingerprint density at radius 3 is 2.33 bits per heavy atom. The van der Waals surface area contributed by atoms with E-state index in [0.29, 0.717) is 39.8 Å². The molecule has 214 valence electrons. The number of rotatable bonds is 8. The van der Waals surface area contributed by atoms with E-state index in [1.54, 1.807) is 12.1 Å². The summed E-state index contributed by atoms with van der Waals surface area (Å²) in [5.74, 6) is -2.09. The lowest BCUT2D eigenvalue weighted by molar-refractivity contribution is -0.254. The number of amides is 3. The molecule has 5 rings (SSSR count). The van der Waals surface area contributed by atoms with Gasteiger partial charge in [0, 0.05) is 84.8 Å². The Morgan fingerprint density at radius 1 is 0.952 bits per heavy atom. The van der Waals surface area contributed by atoms with Crippen LogP contribution in [0, 0.1) is 0 Å². The molecule has 0 spiro atoms. The van der Waals surface area contributed by atoms with E-state index < -0.39 is 11.9 Å². The molecule has 0 atom stereocenters. The second-order valence-electron chi connectivity index (χ2n) is 10.4. The quantitative estimate of drug-likeness (QED) is 0.149. The predicted molar refractivity (Wildman–Crippen MR) is 157 cm³/mol. The minimum atomic E-state index is -1.42. The summed E-state index contributed by atoms with van der Waals surface area (Å²) in [7, 11) is 7.70. The summed E-state index contributed by atoms with van der Waals surface area (Å²) < 4.78 is 8.28. The zero-order valence-electron chi connectivity index (χ0n) is 23.8. The minimum absolute atomic E-state index is 0.135. The Bertz CT molecular complexity index is 1810. The molecular weight excluding hydrogens is 536 g/mol. The zero-order chi connectivity index (χ0) is 30.1. The third-order valence-electron chi connectivity index (χ3n) is 7.24. The highest BCUT2D eigenvalue weighted by Crippen LogP contribution is 2.42. The van der Waals surface area contributed by atoms with Gasteiger partial charge in [-0.25, -0.2) is 4.58 Å². The zero-order valence-corrected chi connectivity index (χ0v) is 23.8. The van der Waals surface area contributed by atoms with Crippen LogP contribution in [0.2, 0.25) is 0 Å². The average molecular weight is 567 g/mol. The van der Waals surface area contributed by atoms with Crippen LogP contribution in [0.5, 0.6) is 0 Å². The summed E-state index contributed by atoms with van der Waals surface area (Å²) in [5, 5.41) is 16.8. The number of carboxylic acids is 1. The molecule has 42 heavy (non-hydrogen) atoms. The number of benzene rings is 3. The third kappa shape index (κ3) is 5.38. The maximum atomic E-state index is 12.9. The second kappa shape index (κ2) is 11.3. The highest BCUT2D eigenvalue weighted by atomic mass is 16.4. The van der Waals surface area contributed by atoms with Gasteiger partial charge in [0.25, 0.3) is 17.7 Å². The number of carboxylic acid groups (broad SMARTS) is 1. The third-order valence-corrected chi connectivity index (χ3v) is 7.24. The normalized spacial score (nSPS) is 12.8. The summed E-state index contributed by atoms with van der Waals surface area (Å²) in [5.41, 5.74) is 3.27. The van der Waals surface area contributed by atoms with Crippen molar-refractivity contribution in [1.29, 1.82) is 0 Å². The van der Waals surface area contributed by atoms with Crippen molar-refractivity contribution in [1.82, 2.24) is 14.8 Å². The van der Waals surface area contributed by atoms with Gasteiger partial charge in [-0.2, -0.15) is 0 Å². The van der Waals surface area contributed by atoms with Crippen molar-refractivity contribution in [2.75, 3.05) is 46.2 Å². The molecule has 0 unspecified atom stereocenters. The van der Waals surface area contributed by atoms with Gasteiger partial charge in [-0.15, -0.1) is 0 Å². The molecule has 3 aliphatic rings. The average Bonchev–Trinajstić information content (AvgIpc) is 3.29. The topological polar surface area (TPSA) is 126 Å². The van der Waals surface area contributed by atoms with Crippen molar-refractivity contribution < 1.29 is 28.7 Å². The van der Waals surface area contributed by atoms with Gasteiger partial charge in [0.2, 0.25) is 5.36 Å². The molecule has 0 saturated carbocycles. The molecule has 0 aromatic heterocycles. The summed E-state index contributed by atoms with van der Waals surface area (Å²) in [6.07, 6.45) is 2.77. The number of fused-ring (bicyclic) bond motifs is 2. The fourth-order valence-electron chi connectivity index (χ4n) is 4.98. The maximum Gasteiger partial charge on any atom is 0.253 e. The van der Waals surface area contributed by atoms with Gasteiger partial charge in [0.1, 0.15) is 25.4 Å². The summed E-state index contributed by atoms with van der Waals surface area (Å²) in [4.78, 5) is 51.8. The molecule has 2 aliphatic heterocycles. The molecule has 1 aliphatic carbocycles. The molecule has 10 heteroatoms. The van der Waals surface area contributed by atoms with Crippen LogP contribution >= 0.6 is 0 Å². The summed E-state index contributed by atoms with van der Waals surface area (Å²) >= 11 is 0. The lowest BCUT2D eigenvalue weighted by Crippen LogP contribution is -2.33. The van der Waals surface area contributed by atoms with Crippen LogP contribution in [0.25, 0.3) is 33.4 Å². The Kier molecular flexibility index (Phi) is 7.62. The molecule has 3 amide bonds. The molecule has 1 N–H and O–H groups in total. The van der Waals surface area contributed by atoms with Crippen molar-refractivity contribution in [2.45, 2.75) is 6.42 Å². The van der Waals surface area contributed by atoms with E-state index in [4.69, 9.17) is 4.42 Å². The van der Waals surface area contributed by atoms with E-state index in [0.717, 1.165) is 15.9 Å². The number of hydrogen-bond acceptors (Lipinski definition) is 7. The largest absolute Gasteiger partial charge is 0.545 e.